The third-order valence-electron chi connectivity index (χ3n) is 3.77. The van der Waals surface area contributed by atoms with Crippen LogP contribution in [-0.2, 0) is 0 Å². The Morgan fingerprint density at radius 3 is 2.72 bits per heavy atom. The highest BCUT2D eigenvalue weighted by Gasteiger charge is 2.11. The molecule has 0 saturated heterocycles. The van der Waals surface area contributed by atoms with Crippen molar-refractivity contribution >= 4 is 51.3 Å². The normalized spacial score (nSPS) is 10.6. The molecule has 0 atom stereocenters. The lowest BCUT2D eigenvalue weighted by atomic mass is 10.2. The molecule has 1 heterocycles. The van der Waals surface area contributed by atoms with Crippen LogP contribution in [0.25, 0.3) is 11.3 Å². The fraction of sp³-hybridized carbons (Fsp3) is 0.190. The summed E-state index contributed by atoms with van der Waals surface area (Å²) >= 11 is 12.6. The maximum Gasteiger partial charge on any atom is 0.257 e. The predicted molar refractivity (Wildman–Crippen MR) is 123 cm³/mol. The number of thiazole rings is 1. The summed E-state index contributed by atoms with van der Waals surface area (Å²) in [7, 11) is 0. The van der Waals surface area contributed by atoms with E-state index in [4.69, 9.17) is 28.6 Å². The summed E-state index contributed by atoms with van der Waals surface area (Å²) in [5.74, 6) is 0.741. The standard InChI is InChI=1S/C21H20ClN3O2S2/c1-13(2)11-27-17-5-3-4-15(10-17)19(26)24-20(28)25-21-23-18(12-29-21)14-6-8-16(22)9-7-14/h3-10,12-13H,11H2,1-2H3,(H2,23,24,25,26,28). The van der Waals surface area contributed by atoms with Gasteiger partial charge in [-0.3, -0.25) is 10.1 Å². The first kappa shape index (κ1) is 21.2. The number of carbonyl (C=O) groups is 1. The van der Waals surface area contributed by atoms with Crippen LogP contribution in [0.3, 0.4) is 0 Å². The van der Waals surface area contributed by atoms with E-state index < -0.39 is 0 Å². The molecule has 1 aromatic heterocycles. The SMILES string of the molecule is CC(C)COc1cccc(C(=O)NC(=S)Nc2nc(-c3ccc(Cl)cc3)cs2)c1. The Labute approximate surface area is 184 Å². The zero-order valence-electron chi connectivity index (χ0n) is 15.9. The molecule has 2 N–H and O–H groups in total. The molecule has 0 radical (unpaired) electrons. The lowest BCUT2D eigenvalue weighted by Gasteiger charge is -2.11. The van der Waals surface area contributed by atoms with Crippen LogP contribution in [0.15, 0.2) is 53.9 Å². The fourth-order valence-corrected chi connectivity index (χ4v) is 3.48. The molecule has 1 amide bonds. The highest BCUT2D eigenvalue weighted by atomic mass is 35.5. The second kappa shape index (κ2) is 9.82. The van der Waals surface area contributed by atoms with Crippen LogP contribution in [-0.4, -0.2) is 22.6 Å². The molecule has 2 aromatic carbocycles. The van der Waals surface area contributed by atoms with Crippen LogP contribution >= 0.6 is 35.2 Å². The number of amides is 1. The van der Waals surface area contributed by atoms with Gasteiger partial charge in [0.2, 0.25) is 0 Å². The number of anilines is 1. The summed E-state index contributed by atoms with van der Waals surface area (Å²) in [6, 6.07) is 14.4. The van der Waals surface area contributed by atoms with E-state index in [1.807, 2.05) is 35.7 Å². The lowest BCUT2D eigenvalue weighted by Crippen LogP contribution is -2.34. The fourth-order valence-electron chi connectivity index (χ4n) is 2.38. The summed E-state index contributed by atoms with van der Waals surface area (Å²) in [5, 5.41) is 8.97. The number of rotatable bonds is 6. The van der Waals surface area contributed by atoms with Crippen LogP contribution in [0.4, 0.5) is 5.13 Å². The van der Waals surface area contributed by atoms with E-state index in [0.29, 0.717) is 34.0 Å². The van der Waals surface area contributed by atoms with E-state index >= 15 is 0 Å². The van der Waals surface area contributed by atoms with Gasteiger partial charge in [0.05, 0.1) is 12.3 Å². The lowest BCUT2D eigenvalue weighted by molar-refractivity contribution is 0.0977. The van der Waals surface area contributed by atoms with Gasteiger partial charge in [-0.05, 0) is 48.5 Å². The van der Waals surface area contributed by atoms with Crippen molar-refractivity contribution in [3.8, 4) is 17.0 Å². The number of carbonyl (C=O) groups excluding carboxylic acids is 1. The summed E-state index contributed by atoms with van der Waals surface area (Å²) < 4.78 is 5.67. The van der Waals surface area contributed by atoms with E-state index in [9.17, 15) is 4.79 Å². The number of nitrogens with zero attached hydrogens (tertiary/aromatic N) is 1. The number of hydrogen-bond donors (Lipinski definition) is 2. The molecule has 0 fully saturated rings. The van der Waals surface area contributed by atoms with Gasteiger partial charge in [-0.2, -0.15) is 0 Å². The molecule has 0 saturated carbocycles. The Morgan fingerprint density at radius 2 is 2.00 bits per heavy atom. The molecule has 5 nitrogen and oxygen atoms in total. The molecule has 0 aliphatic heterocycles. The van der Waals surface area contributed by atoms with Crippen molar-refractivity contribution < 1.29 is 9.53 Å². The van der Waals surface area contributed by atoms with Gasteiger partial charge < -0.3 is 10.1 Å². The van der Waals surface area contributed by atoms with E-state index in [2.05, 4.69) is 29.5 Å². The van der Waals surface area contributed by atoms with Crippen molar-refractivity contribution in [1.82, 2.24) is 10.3 Å². The second-order valence-electron chi connectivity index (χ2n) is 6.69. The predicted octanol–water partition coefficient (Wildman–Crippen LogP) is 5.63. The van der Waals surface area contributed by atoms with Gasteiger partial charge in [0, 0.05) is 21.5 Å². The molecule has 0 spiro atoms. The van der Waals surface area contributed by atoms with Gasteiger partial charge in [-0.15, -0.1) is 11.3 Å². The van der Waals surface area contributed by atoms with Crippen LogP contribution in [0.5, 0.6) is 5.75 Å². The van der Waals surface area contributed by atoms with Crippen molar-refractivity contribution in [2.45, 2.75) is 13.8 Å². The molecule has 29 heavy (non-hydrogen) atoms. The van der Waals surface area contributed by atoms with Crippen molar-refractivity contribution in [2.24, 2.45) is 5.92 Å². The number of thiocarbonyl (C=S) groups is 1. The molecule has 0 aliphatic carbocycles. The van der Waals surface area contributed by atoms with Gasteiger partial charge in [0.1, 0.15) is 5.75 Å². The number of aromatic nitrogens is 1. The van der Waals surface area contributed by atoms with E-state index in [0.717, 1.165) is 11.3 Å². The molecule has 150 valence electrons. The minimum absolute atomic E-state index is 0.181. The summed E-state index contributed by atoms with van der Waals surface area (Å²) in [5.41, 5.74) is 2.22. The number of nitrogens with one attached hydrogen (secondary N) is 2. The first-order valence-electron chi connectivity index (χ1n) is 8.97. The Bertz CT molecular complexity index is 1000. The van der Waals surface area contributed by atoms with E-state index in [-0.39, 0.29) is 11.0 Å². The maximum absolute atomic E-state index is 12.5. The van der Waals surface area contributed by atoms with Crippen LogP contribution < -0.4 is 15.4 Å². The minimum Gasteiger partial charge on any atom is -0.493 e. The highest BCUT2D eigenvalue weighted by molar-refractivity contribution is 7.80. The molecule has 8 heteroatoms. The zero-order chi connectivity index (χ0) is 20.8. The van der Waals surface area contributed by atoms with E-state index in [1.165, 1.54) is 11.3 Å². The summed E-state index contributed by atoms with van der Waals surface area (Å²) in [6.07, 6.45) is 0. The topological polar surface area (TPSA) is 63.2 Å². The number of benzene rings is 2. The average molecular weight is 446 g/mol. The van der Waals surface area contributed by atoms with Gasteiger partial charge in [0.15, 0.2) is 10.2 Å². The van der Waals surface area contributed by atoms with Crippen LogP contribution in [0.1, 0.15) is 24.2 Å². The minimum atomic E-state index is -0.313. The van der Waals surface area contributed by atoms with Gasteiger partial charge >= 0.3 is 0 Å². The largest absolute Gasteiger partial charge is 0.493 e. The smallest absolute Gasteiger partial charge is 0.257 e. The molecule has 3 aromatic rings. The number of ether oxygens (including phenoxy) is 1. The Balaban J connectivity index is 1.59. The third-order valence-corrected chi connectivity index (χ3v) is 4.99. The molecule has 3 rings (SSSR count). The Morgan fingerprint density at radius 1 is 1.24 bits per heavy atom. The average Bonchev–Trinajstić information content (AvgIpc) is 3.15. The molecular weight excluding hydrogens is 426 g/mol. The first-order chi connectivity index (χ1) is 13.9. The highest BCUT2D eigenvalue weighted by Crippen LogP contribution is 2.26. The third kappa shape index (κ3) is 6.25. The Hall–Kier alpha value is -2.48. The quantitative estimate of drug-likeness (QED) is 0.482. The maximum atomic E-state index is 12.5. The zero-order valence-corrected chi connectivity index (χ0v) is 18.3. The monoisotopic (exact) mass is 445 g/mol. The van der Waals surface area contributed by atoms with Gasteiger partial charge in [-0.1, -0.05) is 43.6 Å². The van der Waals surface area contributed by atoms with Crippen molar-refractivity contribution in [2.75, 3.05) is 11.9 Å². The molecule has 0 aliphatic rings. The van der Waals surface area contributed by atoms with Crippen LogP contribution in [0, 0.1) is 5.92 Å². The van der Waals surface area contributed by atoms with Crippen molar-refractivity contribution in [3.63, 3.8) is 0 Å². The van der Waals surface area contributed by atoms with Crippen LogP contribution in [0.2, 0.25) is 5.02 Å². The van der Waals surface area contributed by atoms with Gasteiger partial charge in [-0.25, -0.2) is 4.98 Å². The molecule has 0 bridgehead atoms. The van der Waals surface area contributed by atoms with Crippen molar-refractivity contribution in [3.05, 3.63) is 64.5 Å². The van der Waals surface area contributed by atoms with Gasteiger partial charge in [0.25, 0.3) is 5.91 Å². The number of hydrogen-bond acceptors (Lipinski definition) is 5. The van der Waals surface area contributed by atoms with Crippen molar-refractivity contribution in [1.29, 1.82) is 0 Å². The molecule has 0 unspecified atom stereocenters. The Kier molecular flexibility index (Phi) is 7.19. The first-order valence-corrected chi connectivity index (χ1v) is 10.6. The van der Waals surface area contributed by atoms with E-state index in [1.54, 1.807) is 18.2 Å². The second-order valence-corrected chi connectivity index (χ2v) is 8.39. The number of halogens is 1. The summed E-state index contributed by atoms with van der Waals surface area (Å²) in [6.45, 7) is 4.72. The summed E-state index contributed by atoms with van der Waals surface area (Å²) in [4.78, 5) is 17.0. The molecular formula is C21H20ClN3O2S2.